The number of amides is 2. The Kier molecular flexibility index (Phi) is 8.13. The van der Waals surface area contributed by atoms with Gasteiger partial charge in [0, 0.05) is 23.6 Å². The molecular weight excluding hydrogens is 418 g/mol. The van der Waals surface area contributed by atoms with Crippen molar-refractivity contribution in [1.82, 2.24) is 15.2 Å². The van der Waals surface area contributed by atoms with Gasteiger partial charge in [0.25, 0.3) is 0 Å². The third-order valence-electron chi connectivity index (χ3n) is 5.49. The summed E-state index contributed by atoms with van der Waals surface area (Å²) in [5, 5.41) is 5.83. The van der Waals surface area contributed by atoms with Gasteiger partial charge in [0.2, 0.25) is 0 Å². The summed E-state index contributed by atoms with van der Waals surface area (Å²) in [7, 11) is 1.64. The van der Waals surface area contributed by atoms with Crippen molar-refractivity contribution in [3.8, 4) is 11.4 Å². The molecule has 0 aliphatic heterocycles. The van der Waals surface area contributed by atoms with Crippen LogP contribution in [-0.2, 0) is 16.1 Å². The van der Waals surface area contributed by atoms with Crippen LogP contribution < -0.4 is 15.4 Å². The fourth-order valence-electron chi connectivity index (χ4n) is 3.85. The number of nitrogens with one attached hydrogen (secondary N) is 2. The van der Waals surface area contributed by atoms with Crippen molar-refractivity contribution < 1.29 is 19.1 Å². The maximum Gasteiger partial charge on any atom is 0.315 e. The van der Waals surface area contributed by atoms with Gasteiger partial charge in [-0.25, -0.2) is 4.79 Å². The molecule has 174 valence electrons. The van der Waals surface area contributed by atoms with Crippen molar-refractivity contribution in [2.45, 2.75) is 39.8 Å². The highest BCUT2D eigenvalue weighted by atomic mass is 16.5. The Morgan fingerprint density at radius 2 is 1.73 bits per heavy atom. The number of aryl methyl sites for hydroxylation is 1. The number of ether oxygens (including phenoxy) is 2. The van der Waals surface area contributed by atoms with Gasteiger partial charge in [0.05, 0.1) is 26.2 Å². The summed E-state index contributed by atoms with van der Waals surface area (Å²) in [6, 6.07) is 18.5. The first-order valence-corrected chi connectivity index (χ1v) is 11.0. The number of carbonyl (C=O) groups excluding carboxylic acids is 2. The van der Waals surface area contributed by atoms with Crippen LogP contribution >= 0.6 is 0 Å². The van der Waals surface area contributed by atoms with Crippen LogP contribution in [0.25, 0.3) is 5.69 Å². The average Bonchev–Trinajstić information content (AvgIpc) is 3.11. The number of hydrogen-bond acceptors (Lipinski definition) is 4. The molecule has 33 heavy (non-hydrogen) atoms. The molecule has 0 aliphatic rings. The molecule has 0 fully saturated rings. The predicted octanol–water partition coefficient (Wildman–Crippen LogP) is 4.60. The third kappa shape index (κ3) is 6.16. The van der Waals surface area contributed by atoms with Crippen molar-refractivity contribution >= 4 is 12.0 Å². The summed E-state index contributed by atoms with van der Waals surface area (Å²) < 4.78 is 12.5. The Labute approximate surface area is 194 Å². The Bertz CT molecular complexity index is 1070. The summed E-state index contributed by atoms with van der Waals surface area (Å²) >= 11 is 0. The lowest BCUT2D eigenvalue weighted by atomic mass is 10.0. The van der Waals surface area contributed by atoms with E-state index in [4.69, 9.17) is 9.47 Å². The number of nitrogens with zero attached hydrogens (tertiary/aromatic N) is 1. The van der Waals surface area contributed by atoms with Crippen LogP contribution in [0.3, 0.4) is 0 Å². The van der Waals surface area contributed by atoms with E-state index in [1.54, 1.807) is 14.0 Å². The molecule has 1 atom stereocenters. The quantitative estimate of drug-likeness (QED) is 0.468. The highest BCUT2D eigenvalue weighted by Crippen LogP contribution is 2.23. The minimum atomic E-state index is -0.475. The molecule has 0 aliphatic carbocycles. The van der Waals surface area contributed by atoms with E-state index in [1.807, 2.05) is 68.4 Å². The van der Waals surface area contributed by atoms with Crippen molar-refractivity contribution in [3.05, 3.63) is 83.2 Å². The Balaban J connectivity index is 1.68. The highest BCUT2D eigenvalue weighted by molar-refractivity contribution is 5.76. The van der Waals surface area contributed by atoms with Crippen LogP contribution in [0, 0.1) is 13.8 Å². The number of rotatable bonds is 9. The van der Waals surface area contributed by atoms with Crippen LogP contribution in [0.1, 0.15) is 41.9 Å². The van der Waals surface area contributed by atoms with Crippen LogP contribution in [0.5, 0.6) is 5.75 Å². The molecule has 1 heterocycles. The molecule has 1 aromatic heterocycles. The molecule has 0 saturated carbocycles. The molecule has 0 bridgehead atoms. The van der Waals surface area contributed by atoms with E-state index in [2.05, 4.69) is 21.3 Å². The first-order valence-electron chi connectivity index (χ1n) is 11.0. The summed E-state index contributed by atoms with van der Waals surface area (Å²) in [5.41, 5.74) is 5.00. The van der Waals surface area contributed by atoms with E-state index >= 15 is 0 Å². The Hall–Kier alpha value is -3.74. The van der Waals surface area contributed by atoms with Crippen molar-refractivity contribution in [2.75, 3.05) is 13.7 Å². The first kappa shape index (κ1) is 23.9. The van der Waals surface area contributed by atoms with Crippen LogP contribution in [0.15, 0.2) is 60.7 Å². The van der Waals surface area contributed by atoms with Gasteiger partial charge in [-0.05, 0) is 62.2 Å². The molecule has 3 aromatic rings. The highest BCUT2D eigenvalue weighted by Gasteiger charge is 2.19. The van der Waals surface area contributed by atoms with Gasteiger partial charge in [0.1, 0.15) is 5.75 Å². The number of urea groups is 1. The minimum Gasteiger partial charge on any atom is -0.497 e. The molecule has 7 nitrogen and oxygen atoms in total. The smallest absolute Gasteiger partial charge is 0.315 e. The average molecular weight is 450 g/mol. The molecule has 2 aromatic carbocycles. The second-order valence-electron chi connectivity index (χ2n) is 7.73. The van der Waals surface area contributed by atoms with Gasteiger partial charge in [-0.2, -0.15) is 0 Å². The maximum absolute atomic E-state index is 12.7. The summed E-state index contributed by atoms with van der Waals surface area (Å²) in [6.45, 7) is 6.49. The van der Waals surface area contributed by atoms with Gasteiger partial charge in [-0.15, -0.1) is 0 Å². The zero-order chi connectivity index (χ0) is 23.8. The molecule has 0 spiro atoms. The van der Waals surface area contributed by atoms with E-state index < -0.39 is 6.04 Å². The second-order valence-corrected chi connectivity index (χ2v) is 7.73. The van der Waals surface area contributed by atoms with Gasteiger partial charge in [-0.1, -0.05) is 30.3 Å². The van der Waals surface area contributed by atoms with Crippen LogP contribution in [0.2, 0.25) is 0 Å². The van der Waals surface area contributed by atoms with Crippen molar-refractivity contribution in [1.29, 1.82) is 0 Å². The van der Waals surface area contributed by atoms with Gasteiger partial charge >= 0.3 is 12.0 Å². The monoisotopic (exact) mass is 449 g/mol. The summed E-state index contributed by atoms with van der Waals surface area (Å²) in [6.07, 6.45) is 0.0667. The van der Waals surface area contributed by atoms with E-state index in [-0.39, 0.29) is 18.4 Å². The topological polar surface area (TPSA) is 81.6 Å². The predicted molar refractivity (Wildman–Crippen MR) is 128 cm³/mol. The molecule has 0 saturated heterocycles. The normalized spacial score (nSPS) is 11.5. The third-order valence-corrected chi connectivity index (χ3v) is 5.49. The molecule has 0 unspecified atom stereocenters. The van der Waals surface area contributed by atoms with Crippen molar-refractivity contribution in [3.63, 3.8) is 0 Å². The van der Waals surface area contributed by atoms with E-state index in [0.717, 1.165) is 34.0 Å². The Morgan fingerprint density at radius 3 is 2.36 bits per heavy atom. The molecular formula is C26H31N3O4. The second kappa shape index (κ2) is 11.2. The fraction of sp³-hybridized carbons (Fsp3) is 0.308. The number of aromatic nitrogens is 1. The number of hydrogen-bond donors (Lipinski definition) is 2. The maximum atomic E-state index is 12.7. The van der Waals surface area contributed by atoms with Gasteiger partial charge in [-0.3, -0.25) is 4.79 Å². The number of methoxy groups -OCH3 is 1. The zero-order valence-corrected chi connectivity index (χ0v) is 19.6. The van der Waals surface area contributed by atoms with Crippen LogP contribution in [-0.4, -0.2) is 30.3 Å². The Morgan fingerprint density at radius 1 is 1.03 bits per heavy atom. The van der Waals surface area contributed by atoms with Crippen LogP contribution in [0.4, 0.5) is 4.79 Å². The number of benzene rings is 2. The molecule has 7 heteroatoms. The van der Waals surface area contributed by atoms with E-state index in [9.17, 15) is 9.59 Å². The van der Waals surface area contributed by atoms with E-state index in [1.165, 1.54) is 0 Å². The lowest BCUT2D eigenvalue weighted by molar-refractivity contribution is -0.143. The van der Waals surface area contributed by atoms with Crippen molar-refractivity contribution in [2.24, 2.45) is 0 Å². The van der Waals surface area contributed by atoms with Gasteiger partial charge in [0.15, 0.2) is 0 Å². The number of esters is 1. The number of carbonyl (C=O) groups is 2. The first-order chi connectivity index (χ1) is 15.9. The lowest BCUT2D eigenvalue weighted by Crippen LogP contribution is -2.38. The molecule has 0 radical (unpaired) electrons. The van der Waals surface area contributed by atoms with Gasteiger partial charge < -0.3 is 24.7 Å². The molecule has 3 rings (SSSR count). The molecule has 2 N–H and O–H groups in total. The summed E-state index contributed by atoms with van der Waals surface area (Å²) in [5.74, 6) is 0.449. The largest absolute Gasteiger partial charge is 0.497 e. The lowest BCUT2D eigenvalue weighted by Gasteiger charge is -2.19. The minimum absolute atomic E-state index is 0.0667. The molecule has 2 amide bonds. The summed E-state index contributed by atoms with van der Waals surface area (Å²) in [4.78, 5) is 24.7. The standard InChI is InChI=1S/C26H31N3O4/c1-5-33-25(30)16-24(20-9-7-6-8-10-20)28-26(31)27-17-21-15-18(2)29(19(21)3)22-11-13-23(32-4)14-12-22/h6-15,24H,5,16-17H2,1-4H3,(H2,27,28,31)/t24-/m1/s1. The zero-order valence-electron chi connectivity index (χ0n) is 19.6. The SMILES string of the molecule is CCOC(=O)C[C@@H](NC(=O)NCc1cc(C)n(-c2ccc(OC)cc2)c1C)c1ccccc1. The fourth-order valence-corrected chi connectivity index (χ4v) is 3.85. The van der Waals surface area contributed by atoms with E-state index in [0.29, 0.717) is 13.2 Å².